The van der Waals surface area contributed by atoms with Gasteiger partial charge in [-0.2, -0.15) is 5.26 Å². The van der Waals surface area contributed by atoms with Gasteiger partial charge in [0.05, 0.1) is 12.3 Å². The lowest BCUT2D eigenvalue weighted by molar-refractivity contribution is -0.124. The fraction of sp³-hybridized carbons (Fsp3) is 0.548. The summed E-state index contributed by atoms with van der Waals surface area (Å²) in [5, 5.41) is 14.1. The second-order valence-electron chi connectivity index (χ2n) is 12.0. The van der Waals surface area contributed by atoms with Gasteiger partial charge in [-0.15, -0.1) is 0 Å². The third-order valence-corrected chi connectivity index (χ3v) is 7.89. The number of carbonyl (C=O) groups is 2. The first-order chi connectivity index (χ1) is 19.3. The highest BCUT2D eigenvalue weighted by atomic mass is 19.3. The predicted octanol–water partition coefficient (Wildman–Crippen LogP) is 5.96. The van der Waals surface area contributed by atoms with E-state index in [4.69, 9.17) is 5.26 Å². The number of nitriles is 1. The van der Waals surface area contributed by atoms with Crippen molar-refractivity contribution in [3.05, 3.63) is 59.7 Å². The Morgan fingerprint density at radius 3 is 2.24 bits per heavy atom. The number of hydrogen-bond donors (Lipinski definition) is 2. The minimum absolute atomic E-state index is 0.0105. The van der Waals surface area contributed by atoms with E-state index in [0.717, 1.165) is 43.1 Å². The molecule has 222 valence electrons. The third kappa shape index (κ3) is 8.69. The minimum atomic E-state index is -2.67. The maximum atomic E-state index is 13.9. The number of carbonyl (C=O) groups excluding carboxylic acids is 2. The molecular weight excluding hydrogens is 531 g/mol. The number of pyridine rings is 1. The van der Waals surface area contributed by atoms with Crippen molar-refractivity contribution in [2.45, 2.75) is 101 Å². The summed E-state index contributed by atoms with van der Waals surface area (Å²) in [5.41, 5.74) is 1.81. The van der Waals surface area contributed by atoms with Gasteiger partial charge in [0.1, 0.15) is 17.4 Å². The first-order valence-electron chi connectivity index (χ1n) is 14.0. The summed E-state index contributed by atoms with van der Waals surface area (Å²) in [6.07, 6.45) is 6.83. The Morgan fingerprint density at radius 2 is 1.73 bits per heavy atom. The maximum Gasteiger partial charge on any atom is 0.248 e. The number of benzene rings is 1. The normalized spacial score (nSPS) is 18.7. The number of nitrogens with zero attached hydrogens (tertiary/aromatic N) is 3. The van der Waals surface area contributed by atoms with Gasteiger partial charge in [-0.05, 0) is 67.7 Å². The number of nitrogens with one attached hydrogen (secondary N) is 2. The van der Waals surface area contributed by atoms with Crippen LogP contribution in [0.4, 0.5) is 18.9 Å². The van der Waals surface area contributed by atoms with Gasteiger partial charge >= 0.3 is 0 Å². The van der Waals surface area contributed by atoms with Crippen LogP contribution in [0.1, 0.15) is 89.3 Å². The zero-order valence-electron chi connectivity index (χ0n) is 24.2. The largest absolute Gasteiger partial charge is 0.359 e. The van der Waals surface area contributed by atoms with Crippen molar-refractivity contribution in [1.82, 2.24) is 15.6 Å². The summed E-state index contributed by atoms with van der Waals surface area (Å²) >= 11 is 0. The summed E-state index contributed by atoms with van der Waals surface area (Å²) < 4.78 is 40.8. The predicted molar refractivity (Wildman–Crippen MR) is 152 cm³/mol. The lowest BCUT2D eigenvalue weighted by atomic mass is 9.87. The van der Waals surface area contributed by atoms with Gasteiger partial charge in [-0.25, -0.2) is 13.2 Å². The lowest BCUT2D eigenvalue weighted by Crippen LogP contribution is -2.46. The summed E-state index contributed by atoms with van der Waals surface area (Å²) in [5.74, 6) is -3.56. The number of likely N-dealkylation sites (N-methyl/N-ethyl adjacent to an activating group) is 1. The molecule has 2 saturated carbocycles. The van der Waals surface area contributed by atoms with Crippen LogP contribution < -0.4 is 15.5 Å². The van der Waals surface area contributed by atoms with E-state index < -0.39 is 23.3 Å². The first kappa shape index (κ1) is 31.9. The molecule has 10 heteroatoms. The van der Waals surface area contributed by atoms with Crippen LogP contribution in [0.25, 0.3) is 0 Å². The fourth-order valence-electron chi connectivity index (χ4n) is 5.32. The molecule has 1 aromatic heterocycles. The van der Waals surface area contributed by atoms with Gasteiger partial charge in [0.2, 0.25) is 18.2 Å². The molecule has 0 radical (unpaired) electrons. The quantitative estimate of drug-likeness (QED) is 0.400. The van der Waals surface area contributed by atoms with Crippen LogP contribution in [0.15, 0.2) is 42.7 Å². The topological polar surface area (TPSA) is 98.1 Å². The van der Waals surface area contributed by atoms with E-state index in [1.54, 1.807) is 11.9 Å². The molecule has 2 amide bonds. The van der Waals surface area contributed by atoms with Gasteiger partial charge in [0.15, 0.2) is 0 Å². The molecule has 0 spiro atoms. The average molecular weight is 572 g/mol. The molecule has 2 aliphatic rings. The van der Waals surface area contributed by atoms with Gasteiger partial charge in [0.25, 0.3) is 0 Å². The number of anilines is 1. The number of rotatable bonds is 7. The Balaban J connectivity index is 0.000000389. The SMILES string of the molecule is CN(c1ccc(C(C)(C)C)cc1)C(C(=O)NC1CCC(F)(F)CC1)c1cncc(F)c1.N#CC1(NC=O)CCCC1. The van der Waals surface area contributed by atoms with Crippen LogP contribution in [-0.2, 0) is 15.0 Å². The van der Waals surface area contributed by atoms with Crippen LogP contribution in [0.2, 0.25) is 0 Å². The highest BCUT2D eigenvalue weighted by Crippen LogP contribution is 2.34. The molecule has 2 N–H and O–H groups in total. The molecule has 0 aliphatic heterocycles. The second kappa shape index (κ2) is 13.4. The van der Waals surface area contributed by atoms with Crippen LogP contribution in [-0.4, -0.2) is 41.9 Å². The van der Waals surface area contributed by atoms with Crippen LogP contribution in [0.3, 0.4) is 0 Å². The fourth-order valence-corrected chi connectivity index (χ4v) is 5.32. The van der Waals surface area contributed by atoms with Crippen molar-refractivity contribution < 1.29 is 22.8 Å². The Labute approximate surface area is 240 Å². The smallest absolute Gasteiger partial charge is 0.248 e. The Hall–Kier alpha value is -3.61. The van der Waals surface area contributed by atoms with Crippen LogP contribution >= 0.6 is 0 Å². The van der Waals surface area contributed by atoms with Crippen molar-refractivity contribution in [2.24, 2.45) is 0 Å². The highest BCUT2D eigenvalue weighted by Gasteiger charge is 2.37. The van der Waals surface area contributed by atoms with Gasteiger partial charge < -0.3 is 15.5 Å². The molecule has 0 bridgehead atoms. The highest BCUT2D eigenvalue weighted by molar-refractivity contribution is 5.86. The van der Waals surface area contributed by atoms with Crippen molar-refractivity contribution in [2.75, 3.05) is 11.9 Å². The van der Waals surface area contributed by atoms with Crippen molar-refractivity contribution >= 4 is 18.0 Å². The summed E-state index contributed by atoms with van der Waals surface area (Å²) in [7, 11) is 1.76. The lowest BCUT2D eigenvalue weighted by Gasteiger charge is -2.33. The number of alkyl halides is 2. The van der Waals surface area contributed by atoms with Gasteiger partial charge in [-0.1, -0.05) is 32.9 Å². The molecule has 2 fully saturated rings. The van der Waals surface area contributed by atoms with E-state index in [1.165, 1.54) is 12.3 Å². The molecule has 2 aromatic rings. The van der Waals surface area contributed by atoms with E-state index in [1.807, 2.05) is 24.3 Å². The summed E-state index contributed by atoms with van der Waals surface area (Å²) in [6.45, 7) is 6.36. The van der Waals surface area contributed by atoms with E-state index >= 15 is 0 Å². The van der Waals surface area contributed by atoms with Gasteiger partial charge in [0, 0.05) is 43.4 Å². The first-order valence-corrected chi connectivity index (χ1v) is 14.0. The second-order valence-corrected chi connectivity index (χ2v) is 12.0. The monoisotopic (exact) mass is 571 g/mol. The molecule has 1 heterocycles. The van der Waals surface area contributed by atoms with Crippen molar-refractivity contribution in [3.63, 3.8) is 0 Å². The Kier molecular flexibility index (Phi) is 10.4. The Morgan fingerprint density at radius 1 is 1.12 bits per heavy atom. The molecule has 0 saturated heterocycles. The van der Waals surface area contributed by atoms with E-state index in [-0.39, 0.29) is 43.0 Å². The number of hydrogen-bond acceptors (Lipinski definition) is 5. The standard InChI is InChI=1S/C24H30F3N3O.C7H10N2O/c1-23(2,3)17-5-7-20(8-6-17)30(4)21(16-13-18(25)15-28-14-16)22(31)29-19-9-11-24(26,27)12-10-19;8-5-7(9-6-10)3-1-2-4-7/h5-8,13-15,19,21H,9-12H2,1-4H3,(H,29,31);6H,1-4H2,(H,9,10). The molecule has 1 atom stereocenters. The molecule has 41 heavy (non-hydrogen) atoms. The van der Waals surface area contributed by atoms with E-state index in [9.17, 15) is 22.8 Å². The average Bonchev–Trinajstić information content (AvgIpc) is 3.39. The van der Waals surface area contributed by atoms with Crippen molar-refractivity contribution in [3.8, 4) is 6.07 Å². The number of amides is 2. The summed E-state index contributed by atoms with van der Waals surface area (Å²) in [4.78, 5) is 29.0. The van der Waals surface area contributed by atoms with E-state index in [0.29, 0.717) is 12.0 Å². The zero-order chi connectivity index (χ0) is 30.3. The molecule has 1 aromatic carbocycles. The number of aromatic nitrogens is 1. The third-order valence-electron chi connectivity index (χ3n) is 7.89. The van der Waals surface area contributed by atoms with Crippen LogP contribution in [0.5, 0.6) is 0 Å². The van der Waals surface area contributed by atoms with Gasteiger partial charge in [-0.3, -0.25) is 14.6 Å². The molecule has 4 rings (SSSR count). The molecule has 1 unspecified atom stereocenters. The minimum Gasteiger partial charge on any atom is -0.359 e. The zero-order valence-corrected chi connectivity index (χ0v) is 24.2. The van der Waals surface area contributed by atoms with Crippen LogP contribution in [0, 0.1) is 17.1 Å². The molecular formula is C31H40F3N5O2. The molecule has 2 aliphatic carbocycles. The van der Waals surface area contributed by atoms with Crippen molar-refractivity contribution in [1.29, 1.82) is 5.26 Å². The number of halogens is 3. The summed E-state index contributed by atoms with van der Waals surface area (Å²) in [6, 6.07) is 10.1. The maximum absolute atomic E-state index is 13.9. The van der Waals surface area contributed by atoms with E-state index in [2.05, 4.69) is 42.5 Å². The molecule has 7 nitrogen and oxygen atoms in total. The Bertz CT molecular complexity index is 1210.